The SMILES string of the molecule is CC1CCCCC1CNC(=O)CCOc1cccc(N)c1. The Hall–Kier alpha value is -1.71. The van der Waals surface area contributed by atoms with Crippen LogP contribution in [0.4, 0.5) is 5.69 Å². The maximum atomic E-state index is 11.8. The van der Waals surface area contributed by atoms with Crippen molar-refractivity contribution in [1.29, 1.82) is 0 Å². The van der Waals surface area contributed by atoms with Crippen molar-refractivity contribution < 1.29 is 9.53 Å². The highest BCUT2D eigenvalue weighted by Gasteiger charge is 2.21. The lowest BCUT2D eigenvalue weighted by Gasteiger charge is -2.28. The van der Waals surface area contributed by atoms with Crippen LogP contribution in [0.1, 0.15) is 39.0 Å². The van der Waals surface area contributed by atoms with Crippen molar-refractivity contribution in [3.8, 4) is 5.75 Å². The molecular formula is C17H26N2O2. The Morgan fingerprint density at radius 3 is 2.95 bits per heavy atom. The molecule has 1 aromatic carbocycles. The van der Waals surface area contributed by atoms with Crippen molar-refractivity contribution in [1.82, 2.24) is 5.32 Å². The molecule has 3 N–H and O–H groups in total. The second-order valence-electron chi connectivity index (χ2n) is 6.00. The monoisotopic (exact) mass is 290 g/mol. The van der Waals surface area contributed by atoms with Crippen molar-refractivity contribution in [3.63, 3.8) is 0 Å². The molecule has 116 valence electrons. The average Bonchev–Trinajstić information content (AvgIpc) is 2.46. The van der Waals surface area contributed by atoms with Crippen LogP contribution >= 0.6 is 0 Å². The Morgan fingerprint density at radius 2 is 2.19 bits per heavy atom. The number of carbonyl (C=O) groups excluding carboxylic acids is 1. The molecule has 0 heterocycles. The first-order valence-corrected chi connectivity index (χ1v) is 7.90. The molecule has 1 saturated carbocycles. The molecule has 0 aromatic heterocycles. The van der Waals surface area contributed by atoms with Gasteiger partial charge in [-0.05, 0) is 30.4 Å². The summed E-state index contributed by atoms with van der Waals surface area (Å²) in [6.07, 6.45) is 5.54. The minimum absolute atomic E-state index is 0.0664. The fraction of sp³-hybridized carbons (Fsp3) is 0.588. The van der Waals surface area contributed by atoms with Crippen LogP contribution in [-0.2, 0) is 4.79 Å². The Balaban J connectivity index is 1.63. The smallest absolute Gasteiger partial charge is 0.223 e. The van der Waals surface area contributed by atoms with Crippen LogP contribution in [0.5, 0.6) is 5.75 Å². The third-order valence-electron chi connectivity index (χ3n) is 4.31. The minimum Gasteiger partial charge on any atom is -0.493 e. The fourth-order valence-corrected chi connectivity index (χ4v) is 2.90. The number of rotatable bonds is 6. The van der Waals surface area contributed by atoms with Gasteiger partial charge in [0.25, 0.3) is 0 Å². The maximum Gasteiger partial charge on any atom is 0.223 e. The Kier molecular flexibility index (Phi) is 5.90. The molecular weight excluding hydrogens is 264 g/mol. The van der Waals surface area contributed by atoms with E-state index in [1.54, 1.807) is 6.07 Å². The Bertz CT molecular complexity index is 462. The quantitative estimate of drug-likeness (QED) is 0.792. The highest BCUT2D eigenvalue weighted by molar-refractivity contribution is 5.76. The molecule has 1 aromatic rings. The molecule has 1 amide bonds. The van der Waals surface area contributed by atoms with E-state index in [-0.39, 0.29) is 5.91 Å². The molecule has 4 nitrogen and oxygen atoms in total. The second-order valence-corrected chi connectivity index (χ2v) is 6.00. The van der Waals surface area contributed by atoms with Gasteiger partial charge in [0.15, 0.2) is 0 Å². The van der Waals surface area contributed by atoms with Crippen LogP contribution < -0.4 is 15.8 Å². The average molecular weight is 290 g/mol. The lowest BCUT2D eigenvalue weighted by atomic mass is 9.80. The van der Waals surface area contributed by atoms with Gasteiger partial charge in [-0.25, -0.2) is 0 Å². The molecule has 0 aliphatic heterocycles. The van der Waals surface area contributed by atoms with E-state index in [1.165, 1.54) is 25.7 Å². The molecule has 0 bridgehead atoms. The molecule has 2 rings (SSSR count). The largest absolute Gasteiger partial charge is 0.493 e. The van der Waals surface area contributed by atoms with E-state index in [0.29, 0.717) is 30.4 Å². The summed E-state index contributed by atoms with van der Waals surface area (Å²) in [7, 11) is 0. The summed E-state index contributed by atoms with van der Waals surface area (Å²) in [5.74, 6) is 2.14. The molecule has 4 heteroatoms. The second kappa shape index (κ2) is 7.91. The van der Waals surface area contributed by atoms with Crippen LogP contribution in [0, 0.1) is 11.8 Å². The highest BCUT2D eigenvalue weighted by Crippen LogP contribution is 2.28. The van der Waals surface area contributed by atoms with E-state index in [0.717, 1.165) is 12.5 Å². The van der Waals surface area contributed by atoms with Gasteiger partial charge in [0.1, 0.15) is 5.75 Å². The summed E-state index contributed by atoms with van der Waals surface area (Å²) < 4.78 is 5.53. The topological polar surface area (TPSA) is 64.3 Å². The molecule has 2 unspecified atom stereocenters. The van der Waals surface area contributed by atoms with Crippen LogP contribution in [0.3, 0.4) is 0 Å². The number of hydrogen-bond donors (Lipinski definition) is 2. The molecule has 1 fully saturated rings. The minimum atomic E-state index is 0.0664. The number of benzene rings is 1. The lowest BCUT2D eigenvalue weighted by Crippen LogP contribution is -2.34. The van der Waals surface area contributed by atoms with E-state index in [4.69, 9.17) is 10.5 Å². The van der Waals surface area contributed by atoms with Gasteiger partial charge in [0, 0.05) is 18.3 Å². The summed E-state index contributed by atoms with van der Waals surface area (Å²) in [5.41, 5.74) is 6.34. The van der Waals surface area contributed by atoms with E-state index >= 15 is 0 Å². The van der Waals surface area contributed by atoms with E-state index < -0.39 is 0 Å². The predicted octanol–water partition coefficient (Wildman–Crippen LogP) is 2.98. The van der Waals surface area contributed by atoms with Gasteiger partial charge in [-0.1, -0.05) is 32.3 Å². The fourth-order valence-electron chi connectivity index (χ4n) is 2.90. The molecule has 2 atom stereocenters. The number of nitrogens with one attached hydrogen (secondary N) is 1. The van der Waals surface area contributed by atoms with Gasteiger partial charge in [-0.2, -0.15) is 0 Å². The number of anilines is 1. The van der Waals surface area contributed by atoms with E-state index in [2.05, 4.69) is 12.2 Å². The van der Waals surface area contributed by atoms with Crippen LogP contribution in [0.25, 0.3) is 0 Å². The summed E-state index contributed by atoms with van der Waals surface area (Å²) in [6, 6.07) is 7.26. The van der Waals surface area contributed by atoms with E-state index in [9.17, 15) is 4.79 Å². The maximum absolute atomic E-state index is 11.8. The van der Waals surface area contributed by atoms with Crippen molar-refractivity contribution in [2.45, 2.75) is 39.0 Å². The van der Waals surface area contributed by atoms with Gasteiger partial charge in [-0.15, -0.1) is 0 Å². The van der Waals surface area contributed by atoms with Crippen LogP contribution in [-0.4, -0.2) is 19.1 Å². The number of nitrogens with two attached hydrogens (primary N) is 1. The van der Waals surface area contributed by atoms with Gasteiger partial charge >= 0.3 is 0 Å². The number of hydrogen-bond acceptors (Lipinski definition) is 3. The zero-order chi connectivity index (χ0) is 15.1. The summed E-state index contributed by atoms with van der Waals surface area (Å²) in [5, 5.41) is 3.04. The van der Waals surface area contributed by atoms with Crippen molar-refractivity contribution in [2.75, 3.05) is 18.9 Å². The Morgan fingerprint density at radius 1 is 1.38 bits per heavy atom. The predicted molar refractivity (Wildman–Crippen MR) is 85.1 cm³/mol. The third-order valence-corrected chi connectivity index (χ3v) is 4.31. The van der Waals surface area contributed by atoms with Crippen LogP contribution in [0.15, 0.2) is 24.3 Å². The van der Waals surface area contributed by atoms with Crippen LogP contribution in [0.2, 0.25) is 0 Å². The van der Waals surface area contributed by atoms with Gasteiger partial charge in [0.05, 0.1) is 13.0 Å². The standard InChI is InChI=1S/C17H26N2O2/c1-13-5-2-3-6-14(13)12-19-17(20)9-10-21-16-8-4-7-15(18)11-16/h4,7-8,11,13-14H,2-3,5-6,9-10,12,18H2,1H3,(H,19,20). The lowest BCUT2D eigenvalue weighted by molar-refractivity contribution is -0.121. The molecule has 1 aliphatic rings. The number of nitrogen functional groups attached to an aromatic ring is 1. The molecule has 0 saturated heterocycles. The van der Waals surface area contributed by atoms with E-state index in [1.807, 2.05) is 18.2 Å². The Labute approximate surface area is 127 Å². The van der Waals surface area contributed by atoms with Gasteiger partial charge in [-0.3, -0.25) is 4.79 Å². The van der Waals surface area contributed by atoms with Crippen molar-refractivity contribution >= 4 is 11.6 Å². The third kappa shape index (κ3) is 5.29. The van der Waals surface area contributed by atoms with Gasteiger partial charge in [0.2, 0.25) is 5.91 Å². The normalized spacial score (nSPS) is 21.8. The zero-order valence-corrected chi connectivity index (χ0v) is 12.8. The zero-order valence-electron chi connectivity index (χ0n) is 12.8. The molecule has 0 spiro atoms. The van der Waals surface area contributed by atoms with Crippen molar-refractivity contribution in [2.24, 2.45) is 11.8 Å². The number of ether oxygens (including phenoxy) is 1. The first-order valence-electron chi connectivity index (χ1n) is 7.90. The number of amides is 1. The summed E-state index contributed by atoms with van der Waals surface area (Å²) in [6.45, 7) is 3.48. The highest BCUT2D eigenvalue weighted by atomic mass is 16.5. The molecule has 21 heavy (non-hydrogen) atoms. The van der Waals surface area contributed by atoms with Gasteiger partial charge < -0.3 is 15.8 Å². The summed E-state index contributed by atoms with van der Waals surface area (Å²) >= 11 is 0. The first-order chi connectivity index (χ1) is 10.1. The summed E-state index contributed by atoms with van der Waals surface area (Å²) in [4.78, 5) is 11.8. The first kappa shape index (κ1) is 15.7. The molecule has 0 radical (unpaired) electrons. The van der Waals surface area contributed by atoms with Crippen molar-refractivity contribution in [3.05, 3.63) is 24.3 Å². The molecule has 1 aliphatic carbocycles. The number of carbonyl (C=O) groups is 1.